The molecule has 0 bridgehead atoms. The second kappa shape index (κ2) is 3.94. The first-order valence-electron chi connectivity index (χ1n) is 3.99. The summed E-state index contributed by atoms with van der Waals surface area (Å²) in [6.07, 6.45) is 0.253. The van der Waals surface area contributed by atoms with Crippen LogP contribution in [0.15, 0.2) is 18.2 Å². The van der Waals surface area contributed by atoms with Crippen molar-refractivity contribution >= 4 is 5.97 Å². The molecule has 3 nitrogen and oxygen atoms in total. The number of carbonyl (C=O) groups is 1. The first kappa shape index (κ1) is 9.58. The molecule has 1 rings (SSSR count). The molecule has 0 heterocycles. The minimum atomic E-state index is -0.270. The molecule has 0 saturated carbocycles. The number of aromatic hydroxyl groups is 1. The molecule has 1 N–H and O–H groups in total. The van der Waals surface area contributed by atoms with Gasteiger partial charge in [-0.1, -0.05) is 6.07 Å². The molecule has 0 aliphatic heterocycles. The quantitative estimate of drug-likeness (QED) is 0.700. The Balaban J connectivity index is 2.83. The minimum absolute atomic E-state index is 0.214. The zero-order chi connectivity index (χ0) is 9.84. The summed E-state index contributed by atoms with van der Waals surface area (Å²) in [5.74, 6) is -0.0556. The summed E-state index contributed by atoms with van der Waals surface area (Å²) in [4.78, 5) is 10.9. The van der Waals surface area contributed by atoms with E-state index in [2.05, 4.69) is 4.74 Å². The van der Waals surface area contributed by atoms with E-state index < -0.39 is 0 Å². The van der Waals surface area contributed by atoms with Crippen molar-refractivity contribution in [1.82, 2.24) is 0 Å². The van der Waals surface area contributed by atoms with Crippen molar-refractivity contribution in [3.05, 3.63) is 29.3 Å². The van der Waals surface area contributed by atoms with Crippen LogP contribution in [0.25, 0.3) is 0 Å². The summed E-state index contributed by atoms with van der Waals surface area (Å²) in [7, 11) is 1.36. The van der Waals surface area contributed by atoms with E-state index in [1.165, 1.54) is 7.11 Å². The summed E-state index contributed by atoms with van der Waals surface area (Å²) in [5.41, 5.74) is 1.77. The fourth-order valence-corrected chi connectivity index (χ4v) is 1.11. The zero-order valence-electron chi connectivity index (χ0n) is 7.70. The van der Waals surface area contributed by atoms with Gasteiger partial charge in [0.15, 0.2) is 0 Å². The lowest BCUT2D eigenvalue weighted by atomic mass is 10.1. The van der Waals surface area contributed by atoms with Crippen LogP contribution in [-0.4, -0.2) is 18.2 Å². The van der Waals surface area contributed by atoms with E-state index >= 15 is 0 Å². The van der Waals surface area contributed by atoms with Crippen LogP contribution >= 0.6 is 0 Å². The van der Waals surface area contributed by atoms with E-state index in [1.54, 1.807) is 18.2 Å². The molecule has 0 unspecified atom stereocenters. The average molecular weight is 180 g/mol. The molecule has 3 heteroatoms. The molecule has 0 spiro atoms. The molecule has 70 valence electrons. The van der Waals surface area contributed by atoms with E-state index in [1.807, 2.05) is 6.92 Å². The Hall–Kier alpha value is -1.51. The maximum atomic E-state index is 10.9. The fraction of sp³-hybridized carbons (Fsp3) is 0.300. The smallest absolute Gasteiger partial charge is 0.309 e. The van der Waals surface area contributed by atoms with Crippen molar-refractivity contribution in [1.29, 1.82) is 0 Å². The van der Waals surface area contributed by atoms with Crippen LogP contribution in [0.2, 0.25) is 0 Å². The maximum absolute atomic E-state index is 10.9. The predicted molar refractivity (Wildman–Crippen MR) is 48.6 cm³/mol. The van der Waals surface area contributed by atoms with Gasteiger partial charge in [-0.25, -0.2) is 0 Å². The van der Waals surface area contributed by atoms with Crippen molar-refractivity contribution in [2.45, 2.75) is 13.3 Å². The summed E-state index contributed by atoms with van der Waals surface area (Å²) in [6, 6.07) is 4.91. The van der Waals surface area contributed by atoms with Gasteiger partial charge in [0.25, 0.3) is 0 Å². The molecule has 0 aliphatic rings. The van der Waals surface area contributed by atoms with Crippen molar-refractivity contribution in [2.75, 3.05) is 7.11 Å². The lowest BCUT2D eigenvalue weighted by Gasteiger charge is -2.04. The molecule has 0 aromatic heterocycles. The summed E-state index contributed by atoms with van der Waals surface area (Å²) in [6.45, 7) is 1.85. The van der Waals surface area contributed by atoms with Crippen molar-refractivity contribution in [2.24, 2.45) is 0 Å². The zero-order valence-corrected chi connectivity index (χ0v) is 7.70. The van der Waals surface area contributed by atoms with E-state index in [9.17, 15) is 4.79 Å². The SMILES string of the molecule is COC(=O)Cc1ccc(O)cc1C. The molecule has 0 atom stereocenters. The first-order valence-corrected chi connectivity index (χ1v) is 3.99. The van der Waals surface area contributed by atoms with Crippen molar-refractivity contribution < 1.29 is 14.6 Å². The highest BCUT2D eigenvalue weighted by atomic mass is 16.5. The van der Waals surface area contributed by atoms with Crippen molar-refractivity contribution in [3.8, 4) is 5.75 Å². The van der Waals surface area contributed by atoms with Gasteiger partial charge < -0.3 is 9.84 Å². The van der Waals surface area contributed by atoms with Crippen LogP contribution < -0.4 is 0 Å². The topological polar surface area (TPSA) is 46.5 Å². The van der Waals surface area contributed by atoms with Crippen LogP contribution in [-0.2, 0) is 16.0 Å². The molecular formula is C10H12O3. The van der Waals surface area contributed by atoms with Gasteiger partial charge in [0.05, 0.1) is 13.5 Å². The van der Waals surface area contributed by atoms with Crippen LogP contribution in [0.3, 0.4) is 0 Å². The van der Waals surface area contributed by atoms with Gasteiger partial charge in [-0.3, -0.25) is 4.79 Å². The van der Waals surface area contributed by atoms with E-state index in [4.69, 9.17) is 5.11 Å². The second-order valence-electron chi connectivity index (χ2n) is 2.86. The Morgan fingerprint density at radius 1 is 1.54 bits per heavy atom. The number of aryl methyl sites for hydroxylation is 1. The first-order chi connectivity index (χ1) is 6.13. The van der Waals surface area contributed by atoms with Gasteiger partial charge in [-0.05, 0) is 30.2 Å². The summed E-state index contributed by atoms with van der Waals surface area (Å²) < 4.78 is 4.54. The number of rotatable bonds is 2. The molecule has 0 radical (unpaired) electrons. The molecule has 1 aromatic carbocycles. The van der Waals surface area contributed by atoms with E-state index in [-0.39, 0.29) is 18.1 Å². The highest BCUT2D eigenvalue weighted by molar-refractivity contribution is 5.72. The maximum Gasteiger partial charge on any atom is 0.309 e. The summed E-state index contributed by atoms with van der Waals surface area (Å²) >= 11 is 0. The number of hydrogen-bond acceptors (Lipinski definition) is 3. The Morgan fingerprint density at radius 3 is 2.77 bits per heavy atom. The van der Waals surface area contributed by atoms with Gasteiger partial charge in [-0.2, -0.15) is 0 Å². The van der Waals surface area contributed by atoms with Gasteiger partial charge in [0.2, 0.25) is 0 Å². The lowest BCUT2D eigenvalue weighted by Crippen LogP contribution is -2.05. The highest BCUT2D eigenvalue weighted by Crippen LogP contribution is 2.16. The number of esters is 1. The number of carbonyl (C=O) groups excluding carboxylic acids is 1. The Bertz CT molecular complexity index is 318. The molecule has 0 amide bonds. The second-order valence-corrected chi connectivity index (χ2v) is 2.86. The molecule has 0 aliphatic carbocycles. The molecular weight excluding hydrogens is 168 g/mol. The number of phenols is 1. The highest BCUT2D eigenvalue weighted by Gasteiger charge is 2.05. The number of hydrogen-bond donors (Lipinski definition) is 1. The van der Waals surface area contributed by atoms with Gasteiger partial charge >= 0.3 is 5.97 Å². The monoisotopic (exact) mass is 180 g/mol. The van der Waals surface area contributed by atoms with E-state index in [0.717, 1.165) is 11.1 Å². The predicted octanol–water partition coefficient (Wildman–Crippen LogP) is 1.42. The standard InChI is InChI=1S/C10H12O3/c1-7-5-9(11)4-3-8(7)6-10(12)13-2/h3-5,11H,6H2,1-2H3. The number of methoxy groups -OCH3 is 1. The van der Waals surface area contributed by atoms with Crippen LogP contribution in [0.5, 0.6) is 5.75 Å². The largest absolute Gasteiger partial charge is 0.508 e. The fourth-order valence-electron chi connectivity index (χ4n) is 1.11. The normalized spacial score (nSPS) is 9.69. The minimum Gasteiger partial charge on any atom is -0.508 e. The lowest BCUT2D eigenvalue weighted by molar-refractivity contribution is -0.139. The molecule has 0 saturated heterocycles. The van der Waals surface area contributed by atoms with Gasteiger partial charge in [0, 0.05) is 0 Å². The van der Waals surface area contributed by atoms with Crippen molar-refractivity contribution in [3.63, 3.8) is 0 Å². The van der Waals surface area contributed by atoms with Crippen LogP contribution in [0, 0.1) is 6.92 Å². The molecule has 1 aromatic rings. The third kappa shape index (κ3) is 2.47. The third-order valence-corrected chi connectivity index (χ3v) is 1.89. The number of phenolic OH excluding ortho intramolecular Hbond substituents is 1. The van der Waals surface area contributed by atoms with E-state index in [0.29, 0.717) is 0 Å². The van der Waals surface area contributed by atoms with Crippen LogP contribution in [0.4, 0.5) is 0 Å². The Morgan fingerprint density at radius 2 is 2.23 bits per heavy atom. The third-order valence-electron chi connectivity index (χ3n) is 1.89. The summed E-state index contributed by atoms with van der Waals surface area (Å²) in [5, 5.41) is 9.11. The molecule has 0 fully saturated rings. The number of ether oxygens (including phenoxy) is 1. The average Bonchev–Trinajstić information content (AvgIpc) is 2.09. The number of benzene rings is 1. The van der Waals surface area contributed by atoms with Crippen LogP contribution in [0.1, 0.15) is 11.1 Å². The van der Waals surface area contributed by atoms with Gasteiger partial charge in [-0.15, -0.1) is 0 Å². The molecule has 13 heavy (non-hydrogen) atoms. The Labute approximate surface area is 77.0 Å². The Kier molecular flexibility index (Phi) is 2.90. The van der Waals surface area contributed by atoms with Gasteiger partial charge in [0.1, 0.15) is 5.75 Å².